The zero-order valence-electron chi connectivity index (χ0n) is 13.7. The molecule has 1 aliphatic rings. The van der Waals surface area contributed by atoms with E-state index in [0.717, 1.165) is 16.0 Å². The van der Waals surface area contributed by atoms with Crippen LogP contribution in [0.15, 0.2) is 30.3 Å². The highest BCUT2D eigenvalue weighted by molar-refractivity contribution is 7.17. The molecule has 7 heteroatoms. The summed E-state index contributed by atoms with van der Waals surface area (Å²) in [7, 11) is 0. The average molecular weight is 363 g/mol. The fourth-order valence-corrected chi connectivity index (χ4v) is 4.00. The van der Waals surface area contributed by atoms with Crippen LogP contribution in [0.25, 0.3) is 10.4 Å². The van der Waals surface area contributed by atoms with Crippen molar-refractivity contribution in [2.24, 2.45) is 0 Å². The van der Waals surface area contributed by atoms with Crippen molar-refractivity contribution >= 4 is 23.2 Å². The van der Waals surface area contributed by atoms with E-state index >= 15 is 0 Å². The van der Waals surface area contributed by atoms with Gasteiger partial charge in [-0.25, -0.2) is 4.39 Å². The first-order chi connectivity index (χ1) is 11.9. The minimum atomic E-state index is -0.940. The van der Waals surface area contributed by atoms with Crippen LogP contribution >= 0.6 is 11.3 Å². The first kappa shape index (κ1) is 17.6. The lowest BCUT2D eigenvalue weighted by Gasteiger charge is -2.32. The number of thiophene rings is 1. The molecule has 1 aromatic carbocycles. The number of morpholine rings is 1. The van der Waals surface area contributed by atoms with Crippen LogP contribution in [0.2, 0.25) is 0 Å². The van der Waals surface area contributed by atoms with Crippen molar-refractivity contribution in [3.05, 3.63) is 46.6 Å². The number of rotatable bonds is 4. The molecule has 3 rings (SSSR count). The Bertz CT molecular complexity index is 787. The Kier molecular flexibility index (Phi) is 5.15. The number of hydrogen-bond donors (Lipinski definition) is 1. The SMILES string of the molecule is Cc1cc(C(=O)N2CCO[C@@H](CC(=O)O)C2)sc1-c1ccc(F)cc1. The van der Waals surface area contributed by atoms with E-state index in [1.165, 1.54) is 23.5 Å². The van der Waals surface area contributed by atoms with Crippen molar-refractivity contribution in [3.63, 3.8) is 0 Å². The fourth-order valence-electron chi connectivity index (χ4n) is 2.85. The van der Waals surface area contributed by atoms with Crippen LogP contribution < -0.4 is 0 Å². The van der Waals surface area contributed by atoms with Gasteiger partial charge in [0.2, 0.25) is 0 Å². The molecule has 25 heavy (non-hydrogen) atoms. The highest BCUT2D eigenvalue weighted by Gasteiger charge is 2.27. The second kappa shape index (κ2) is 7.33. The summed E-state index contributed by atoms with van der Waals surface area (Å²) in [5.41, 5.74) is 1.82. The maximum Gasteiger partial charge on any atom is 0.306 e. The second-order valence-electron chi connectivity index (χ2n) is 5.97. The van der Waals surface area contributed by atoms with Gasteiger partial charge in [-0.3, -0.25) is 9.59 Å². The molecule has 5 nitrogen and oxygen atoms in total. The molecule has 0 saturated carbocycles. The molecule has 1 atom stereocenters. The van der Waals surface area contributed by atoms with Gasteiger partial charge in [-0.2, -0.15) is 0 Å². The summed E-state index contributed by atoms with van der Waals surface area (Å²) in [5.74, 6) is -1.36. The van der Waals surface area contributed by atoms with Crippen molar-refractivity contribution in [3.8, 4) is 10.4 Å². The van der Waals surface area contributed by atoms with E-state index in [9.17, 15) is 14.0 Å². The summed E-state index contributed by atoms with van der Waals surface area (Å²) in [4.78, 5) is 26.7. The number of hydrogen-bond acceptors (Lipinski definition) is 4. The summed E-state index contributed by atoms with van der Waals surface area (Å²) in [6, 6.07) is 8.01. The lowest BCUT2D eigenvalue weighted by molar-refractivity contribution is -0.141. The van der Waals surface area contributed by atoms with Crippen LogP contribution in [0.3, 0.4) is 0 Å². The number of carboxylic acids is 1. The van der Waals surface area contributed by atoms with Gasteiger partial charge in [0.15, 0.2) is 0 Å². The summed E-state index contributed by atoms with van der Waals surface area (Å²) >= 11 is 1.36. The minimum Gasteiger partial charge on any atom is -0.481 e. The highest BCUT2D eigenvalue weighted by atomic mass is 32.1. The Labute approximate surface area is 148 Å². The van der Waals surface area contributed by atoms with Crippen LogP contribution in [-0.2, 0) is 9.53 Å². The van der Waals surface area contributed by atoms with E-state index in [2.05, 4.69) is 0 Å². The number of carboxylic acid groups (broad SMARTS) is 1. The largest absolute Gasteiger partial charge is 0.481 e. The molecule has 0 spiro atoms. The molecule has 1 aromatic heterocycles. The Hall–Kier alpha value is -2.25. The van der Waals surface area contributed by atoms with E-state index in [-0.39, 0.29) is 24.7 Å². The average Bonchev–Trinajstić information content (AvgIpc) is 2.96. The molecule has 132 valence electrons. The summed E-state index contributed by atoms with van der Waals surface area (Å²) in [6.45, 7) is 2.96. The second-order valence-corrected chi connectivity index (χ2v) is 7.02. The van der Waals surface area contributed by atoms with Gasteiger partial charge in [0.25, 0.3) is 5.91 Å². The number of nitrogens with zero attached hydrogens (tertiary/aromatic N) is 1. The monoisotopic (exact) mass is 363 g/mol. The zero-order valence-corrected chi connectivity index (χ0v) is 14.5. The predicted molar refractivity (Wildman–Crippen MR) is 92.3 cm³/mol. The summed E-state index contributed by atoms with van der Waals surface area (Å²) < 4.78 is 18.5. The fraction of sp³-hybridized carbons (Fsp3) is 0.333. The lowest BCUT2D eigenvalue weighted by atomic mass is 10.1. The topological polar surface area (TPSA) is 66.8 Å². The van der Waals surface area contributed by atoms with Gasteiger partial charge in [0.1, 0.15) is 5.82 Å². The Morgan fingerprint density at radius 1 is 1.36 bits per heavy atom. The first-order valence-corrected chi connectivity index (χ1v) is 8.74. The van der Waals surface area contributed by atoms with E-state index in [0.29, 0.717) is 18.0 Å². The number of carbonyl (C=O) groups is 2. The molecule has 1 saturated heterocycles. The standard InChI is InChI=1S/C18H18FNO4S/c1-11-8-15(25-17(11)12-2-4-13(19)5-3-12)18(23)20-6-7-24-14(10-20)9-16(21)22/h2-5,8,14H,6-7,9-10H2,1H3,(H,21,22)/t14-/m0/s1. The number of aliphatic carboxylic acids is 1. The van der Waals surface area contributed by atoms with Crippen molar-refractivity contribution in [2.45, 2.75) is 19.4 Å². The van der Waals surface area contributed by atoms with Crippen LogP contribution in [0.4, 0.5) is 4.39 Å². The third-order valence-electron chi connectivity index (χ3n) is 4.06. The van der Waals surface area contributed by atoms with Gasteiger partial charge in [0, 0.05) is 18.0 Å². The molecule has 2 aromatic rings. The van der Waals surface area contributed by atoms with Crippen molar-refractivity contribution < 1.29 is 23.8 Å². The molecule has 0 bridgehead atoms. The van der Waals surface area contributed by atoms with Crippen LogP contribution in [0.5, 0.6) is 0 Å². The molecule has 2 heterocycles. The molecule has 1 fully saturated rings. The molecular formula is C18H18FNO4S. The summed E-state index contributed by atoms with van der Waals surface area (Å²) in [5, 5.41) is 8.88. The number of carbonyl (C=O) groups excluding carboxylic acids is 1. The Balaban J connectivity index is 1.77. The van der Waals surface area contributed by atoms with Gasteiger partial charge in [-0.05, 0) is 36.2 Å². The van der Waals surface area contributed by atoms with Crippen LogP contribution in [-0.4, -0.2) is 47.7 Å². The third kappa shape index (κ3) is 4.05. The molecule has 1 aliphatic heterocycles. The number of ether oxygens (including phenoxy) is 1. The molecule has 0 radical (unpaired) electrons. The minimum absolute atomic E-state index is 0.117. The van der Waals surface area contributed by atoms with Gasteiger partial charge in [-0.1, -0.05) is 12.1 Å². The van der Waals surface area contributed by atoms with Crippen molar-refractivity contribution in [1.82, 2.24) is 4.90 Å². The van der Waals surface area contributed by atoms with Gasteiger partial charge < -0.3 is 14.7 Å². The smallest absolute Gasteiger partial charge is 0.306 e. The number of benzene rings is 1. The van der Waals surface area contributed by atoms with Crippen LogP contribution in [0.1, 0.15) is 21.7 Å². The first-order valence-electron chi connectivity index (χ1n) is 7.93. The van der Waals surface area contributed by atoms with E-state index in [4.69, 9.17) is 9.84 Å². The van der Waals surface area contributed by atoms with E-state index < -0.39 is 12.1 Å². The Morgan fingerprint density at radius 2 is 2.08 bits per heavy atom. The maximum atomic E-state index is 13.1. The summed E-state index contributed by atoms with van der Waals surface area (Å²) in [6.07, 6.45) is -0.596. The van der Waals surface area contributed by atoms with Crippen LogP contribution in [0, 0.1) is 12.7 Å². The van der Waals surface area contributed by atoms with E-state index in [1.807, 2.05) is 13.0 Å². The lowest BCUT2D eigenvalue weighted by Crippen LogP contribution is -2.46. The van der Waals surface area contributed by atoms with E-state index in [1.54, 1.807) is 17.0 Å². The predicted octanol–water partition coefficient (Wildman–Crippen LogP) is 3.18. The number of aryl methyl sites for hydroxylation is 1. The third-order valence-corrected chi connectivity index (χ3v) is 5.34. The number of amides is 1. The molecule has 1 N–H and O–H groups in total. The van der Waals surface area contributed by atoms with Crippen molar-refractivity contribution in [2.75, 3.05) is 19.7 Å². The zero-order chi connectivity index (χ0) is 18.0. The van der Waals surface area contributed by atoms with Gasteiger partial charge in [0.05, 0.1) is 24.0 Å². The van der Waals surface area contributed by atoms with Crippen molar-refractivity contribution in [1.29, 1.82) is 0 Å². The quantitative estimate of drug-likeness (QED) is 0.906. The molecular weight excluding hydrogens is 345 g/mol. The molecule has 0 aliphatic carbocycles. The molecule has 0 unspecified atom stereocenters. The van der Waals surface area contributed by atoms with Gasteiger partial charge in [-0.15, -0.1) is 11.3 Å². The Morgan fingerprint density at radius 3 is 2.76 bits per heavy atom. The van der Waals surface area contributed by atoms with Gasteiger partial charge >= 0.3 is 5.97 Å². The molecule has 1 amide bonds. The highest BCUT2D eigenvalue weighted by Crippen LogP contribution is 2.33. The normalized spacial score (nSPS) is 17.5. The number of halogens is 1. The maximum absolute atomic E-state index is 13.1.